The molecule has 5 nitrogen and oxygen atoms in total. The maximum atomic E-state index is 12.4. The van der Waals surface area contributed by atoms with Crippen molar-refractivity contribution in [3.05, 3.63) is 59.9 Å². The quantitative estimate of drug-likeness (QED) is 0.899. The molecule has 0 spiro atoms. The SMILES string of the molecule is O=C(c1ccc[nH]1)N1CCN(Cc2ccccc2)C[C@H](O)C1. The maximum Gasteiger partial charge on any atom is 0.270 e. The Morgan fingerprint density at radius 1 is 1.14 bits per heavy atom. The number of β-amino-alcohol motifs (C(OH)–C–C–N with tert-alkyl or cyclic N) is 1. The fraction of sp³-hybridized carbons (Fsp3) is 0.353. The minimum atomic E-state index is -0.523. The standard InChI is InChI=1S/C17H21N3O2/c21-15-12-19(11-14-5-2-1-3-6-14)9-10-20(13-15)17(22)16-7-4-8-18-16/h1-8,15,18,21H,9-13H2/t15-/m0/s1. The molecule has 3 rings (SSSR count). The number of carbonyl (C=O) groups excluding carboxylic acids is 1. The van der Waals surface area contributed by atoms with Crippen LogP contribution in [0.15, 0.2) is 48.7 Å². The second-order valence-corrected chi connectivity index (χ2v) is 5.71. The number of aliphatic hydroxyl groups excluding tert-OH is 1. The average Bonchev–Trinajstić information content (AvgIpc) is 2.99. The van der Waals surface area contributed by atoms with Gasteiger partial charge in [0.1, 0.15) is 5.69 Å². The molecule has 0 saturated carbocycles. The second kappa shape index (κ2) is 6.77. The number of carbonyl (C=O) groups is 1. The topological polar surface area (TPSA) is 59.6 Å². The van der Waals surface area contributed by atoms with Crippen molar-refractivity contribution in [2.45, 2.75) is 12.6 Å². The second-order valence-electron chi connectivity index (χ2n) is 5.71. The van der Waals surface area contributed by atoms with E-state index in [1.807, 2.05) is 24.3 Å². The number of nitrogens with one attached hydrogen (secondary N) is 1. The van der Waals surface area contributed by atoms with Crippen molar-refractivity contribution in [2.75, 3.05) is 26.2 Å². The lowest BCUT2D eigenvalue weighted by Gasteiger charge is -2.21. The van der Waals surface area contributed by atoms with Gasteiger partial charge in [-0.3, -0.25) is 9.69 Å². The predicted octanol–water partition coefficient (Wildman–Crippen LogP) is 1.33. The van der Waals surface area contributed by atoms with Gasteiger partial charge >= 0.3 is 0 Å². The van der Waals surface area contributed by atoms with E-state index in [1.54, 1.807) is 17.2 Å². The first-order chi connectivity index (χ1) is 10.7. The van der Waals surface area contributed by atoms with Gasteiger partial charge in [-0.25, -0.2) is 0 Å². The molecule has 2 heterocycles. The summed E-state index contributed by atoms with van der Waals surface area (Å²) in [5.74, 6) is -0.0504. The van der Waals surface area contributed by atoms with E-state index < -0.39 is 6.10 Å². The molecule has 2 aromatic rings. The molecule has 0 bridgehead atoms. The Morgan fingerprint density at radius 3 is 2.68 bits per heavy atom. The molecule has 1 saturated heterocycles. The Bertz CT molecular complexity index is 598. The van der Waals surface area contributed by atoms with Gasteiger partial charge in [-0.2, -0.15) is 0 Å². The van der Waals surface area contributed by atoms with Crippen molar-refractivity contribution in [1.29, 1.82) is 0 Å². The Morgan fingerprint density at radius 2 is 1.95 bits per heavy atom. The van der Waals surface area contributed by atoms with Crippen LogP contribution in [0.4, 0.5) is 0 Å². The zero-order valence-corrected chi connectivity index (χ0v) is 12.5. The van der Waals surface area contributed by atoms with E-state index >= 15 is 0 Å². The van der Waals surface area contributed by atoms with Gasteiger partial charge in [0.2, 0.25) is 0 Å². The summed E-state index contributed by atoms with van der Waals surface area (Å²) in [6.45, 7) is 3.15. The fourth-order valence-corrected chi connectivity index (χ4v) is 2.86. The van der Waals surface area contributed by atoms with Gasteiger partial charge in [-0.15, -0.1) is 0 Å². The van der Waals surface area contributed by atoms with Crippen molar-refractivity contribution < 1.29 is 9.90 Å². The van der Waals surface area contributed by atoms with Gasteiger partial charge < -0.3 is 15.0 Å². The van der Waals surface area contributed by atoms with Crippen LogP contribution < -0.4 is 0 Å². The van der Waals surface area contributed by atoms with E-state index in [0.29, 0.717) is 25.3 Å². The summed E-state index contributed by atoms with van der Waals surface area (Å²) in [7, 11) is 0. The molecule has 0 aliphatic carbocycles. The third kappa shape index (κ3) is 3.55. The number of hydrogen-bond acceptors (Lipinski definition) is 3. The van der Waals surface area contributed by atoms with Crippen molar-refractivity contribution in [1.82, 2.24) is 14.8 Å². The molecule has 1 aromatic heterocycles. The van der Waals surface area contributed by atoms with E-state index in [0.717, 1.165) is 13.1 Å². The molecule has 1 atom stereocenters. The van der Waals surface area contributed by atoms with Gasteiger partial charge in [0.15, 0.2) is 0 Å². The van der Waals surface area contributed by atoms with Crippen LogP contribution in [0, 0.1) is 0 Å². The molecule has 22 heavy (non-hydrogen) atoms. The molecule has 0 unspecified atom stereocenters. The Kier molecular flexibility index (Phi) is 4.56. The van der Waals surface area contributed by atoms with Crippen LogP contribution in [0.3, 0.4) is 0 Å². The van der Waals surface area contributed by atoms with Crippen molar-refractivity contribution in [3.8, 4) is 0 Å². The van der Waals surface area contributed by atoms with Crippen LogP contribution in [0.2, 0.25) is 0 Å². The molecule has 1 fully saturated rings. The summed E-state index contributed by atoms with van der Waals surface area (Å²) >= 11 is 0. The first-order valence-electron chi connectivity index (χ1n) is 7.59. The molecule has 0 radical (unpaired) electrons. The number of amides is 1. The molecule has 116 valence electrons. The number of nitrogens with zero attached hydrogens (tertiary/aromatic N) is 2. The highest BCUT2D eigenvalue weighted by atomic mass is 16.3. The summed E-state index contributed by atoms with van der Waals surface area (Å²) in [4.78, 5) is 19.2. The van der Waals surface area contributed by atoms with Crippen LogP contribution in [0.1, 0.15) is 16.1 Å². The number of aromatic amines is 1. The molecule has 1 amide bonds. The van der Waals surface area contributed by atoms with E-state index in [9.17, 15) is 9.90 Å². The van der Waals surface area contributed by atoms with Crippen LogP contribution in [-0.4, -0.2) is 58.1 Å². The molecule has 1 aliphatic heterocycles. The summed E-state index contributed by atoms with van der Waals surface area (Å²) < 4.78 is 0. The Labute approximate surface area is 130 Å². The average molecular weight is 299 g/mol. The van der Waals surface area contributed by atoms with Gasteiger partial charge in [0, 0.05) is 38.9 Å². The molecule has 1 aliphatic rings. The summed E-state index contributed by atoms with van der Waals surface area (Å²) in [6, 6.07) is 13.8. The van der Waals surface area contributed by atoms with Crippen LogP contribution in [0.5, 0.6) is 0 Å². The summed E-state index contributed by atoms with van der Waals surface area (Å²) in [5.41, 5.74) is 1.79. The van der Waals surface area contributed by atoms with Crippen molar-refractivity contribution in [2.24, 2.45) is 0 Å². The zero-order chi connectivity index (χ0) is 15.4. The fourth-order valence-electron chi connectivity index (χ4n) is 2.86. The number of aliphatic hydroxyl groups is 1. The van der Waals surface area contributed by atoms with Gasteiger partial charge in [0.05, 0.1) is 6.10 Å². The lowest BCUT2D eigenvalue weighted by atomic mass is 10.2. The number of aromatic nitrogens is 1. The first kappa shape index (κ1) is 14.8. The highest BCUT2D eigenvalue weighted by molar-refractivity contribution is 5.92. The molecular weight excluding hydrogens is 278 g/mol. The smallest absolute Gasteiger partial charge is 0.270 e. The van der Waals surface area contributed by atoms with E-state index in [1.165, 1.54) is 5.56 Å². The summed E-state index contributed by atoms with van der Waals surface area (Å²) in [5, 5.41) is 10.2. The number of rotatable bonds is 3. The third-order valence-electron chi connectivity index (χ3n) is 3.95. The van der Waals surface area contributed by atoms with Gasteiger partial charge in [-0.05, 0) is 17.7 Å². The van der Waals surface area contributed by atoms with Crippen molar-refractivity contribution >= 4 is 5.91 Å². The summed E-state index contributed by atoms with van der Waals surface area (Å²) in [6.07, 6.45) is 1.22. The van der Waals surface area contributed by atoms with E-state index in [-0.39, 0.29) is 5.91 Å². The predicted molar refractivity (Wildman–Crippen MR) is 84.4 cm³/mol. The lowest BCUT2D eigenvalue weighted by molar-refractivity contribution is 0.0658. The Balaban J connectivity index is 1.64. The maximum absolute atomic E-state index is 12.4. The van der Waals surface area contributed by atoms with Crippen LogP contribution >= 0.6 is 0 Å². The monoisotopic (exact) mass is 299 g/mol. The van der Waals surface area contributed by atoms with Gasteiger partial charge in [0.25, 0.3) is 5.91 Å². The molecule has 2 N–H and O–H groups in total. The Hall–Kier alpha value is -2.11. The largest absolute Gasteiger partial charge is 0.390 e. The molecule has 5 heteroatoms. The van der Waals surface area contributed by atoms with Crippen LogP contribution in [-0.2, 0) is 6.54 Å². The number of H-pyrrole nitrogens is 1. The normalized spacial score (nSPS) is 19.9. The highest BCUT2D eigenvalue weighted by Crippen LogP contribution is 2.11. The number of benzene rings is 1. The highest BCUT2D eigenvalue weighted by Gasteiger charge is 2.25. The molecular formula is C17H21N3O2. The third-order valence-corrected chi connectivity index (χ3v) is 3.95. The lowest BCUT2D eigenvalue weighted by Crippen LogP contribution is -2.37. The van der Waals surface area contributed by atoms with E-state index in [2.05, 4.69) is 22.0 Å². The van der Waals surface area contributed by atoms with Crippen molar-refractivity contribution in [3.63, 3.8) is 0 Å². The molecule has 1 aromatic carbocycles. The van der Waals surface area contributed by atoms with Crippen LogP contribution in [0.25, 0.3) is 0 Å². The zero-order valence-electron chi connectivity index (χ0n) is 12.5. The van der Waals surface area contributed by atoms with E-state index in [4.69, 9.17) is 0 Å². The van der Waals surface area contributed by atoms with Gasteiger partial charge in [-0.1, -0.05) is 30.3 Å². The minimum absolute atomic E-state index is 0.0504. The number of hydrogen-bond donors (Lipinski definition) is 2. The first-order valence-corrected chi connectivity index (χ1v) is 7.59. The minimum Gasteiger partial charge on any atom is -0.390 e.